The van der Waals surface area contributed by atoms with Crippen LogP contribution in [0.3, 0.4) is 0 Å². The minimum atomic E-state index is -1.07. The molecule has 1 aromatic rings. The molecule has 1 heterocycles. The van der Waals surface area contributed by atoms with Crippen LogP contribution in [0.2, 0.25) is 0 Å². The number of aliphatic hydroxyl groups is 2. The van der Waals surface area contributed by atoms with Crippen LogP contribution in [0, 0.1) is 0 Å². The van der Waals surface area contributed by atoms with Gasteiger partial charge in [0.05, 0.1) is 0 Å². The third kappa shape index (κ3) is 2.35. The van der Waals surface area contributed by atoms with Crippen molar-refractivity contribution in [1.29, 1.82) is 0 Å². The van der Waals surface area contributed by atoms with Crippen LogP contribution in [0.15, 0.2) is 30.3 Å². The molecule has 1 fully saturated rings. The Hall–Kier alpha value is -1.10. The minimum Gasteiger partial charge on any atom is -0.388 e. The summed E-state index contributed by atoms with van der Waals surface area (Å²) in [7, 11) is 0. The van der Waals surface area contributed by atoms with Crippen LogP contribution >= 0.6 is 12.4 Å². The first kappa shape index (κ1) is 13.0. The van der Waals surface area contributed by atoms with Gasteiger partial charge in [-0.15, -0.1) is 12.4 Å². The second-order valence-corrected chi connectivity index (χ2v) is 3.63. The van der Waals surface area contributed by atoms with Gasteiger partial charge in [0.2, 0.25) is 0 Å². The van der Waals surface area contributed by atoms with Crippen LogP contribution in [0.5, 0.6) is 0 Å². The van der Waals surface area contributed by atoms with E-state index in [0.29, 0.717) is 18.5 Å². The summed E-state index contributed by atoms with van der Waals surface area (Å²) in [6.07, 6.45) is -1.46. The van der Waals surface area contributed by atoms with Gasteiger partial charge in [0.25, 0.3) is 5.91 Å². The lowest BCUT2D eigenvalue weighted by Gasteiger charge is -2.21. The van der Waals surface area contributed by atoms with Crippen LogP contribution in [-0.2, 0) is 0 Å². The molecule has 0 bridgehead atoms. The summed E-state index contributed by atoms with van der Waals surface area (Å²) in [6.45, 7) is 0.399. The lowest BCUT2D eigenvalue weighted by atomic mass is 10.2. The molecule has 1 aliphatic rings. The van der Waals surface area contributed by atoms with E-state index < -0.39 is 12.3 Å². The first-order valence-corrected chi connectivity index (χ1v) is 4.92. The van der Waals surface area contributed by atoms with Gasteiger partial charge >= 0.3 is 0 Å². The van der Waals surface area contributed by atoms with Gasteiger partial charge in [-0.2, -0.15) is 0 Å². The van der Waals surface area contributed by atoms with Gasteiger partial charge in [0, 0.05) is 12.1 Å². The third-order valence-corrected chi connectivity index (χ3v) is 2.61. The molecule has 0 spiro atoms. The van der Waals surface area contributed by atoms with E-state index in [9.17, 15) is 15.0 Å². The van der Waals surface area contributed by atoms with E-state index in [1.165, 1.54) is 4.90 Å². The number of aliphatic hydroxyl groups excluding tert-OH is 2. The molecule has 5 heteroatoms. The quantitative estimate of drug-likeness (QED) is 0.761. The van der Waals surface area contributed by atoms with E-state index in [4.69, 9.17) is 0 Å². The van der Waals surface area contributed by atoms with Crippen LogP contribution < -0.4 is 0 Å². The number of nitrogens with zero attached hydrogens (tertiary/aromatic N) is 1. The molecule has 88 valence electrons. The predicted octanol–water partition coefficient (Wildman–Crippen LogP) is 0.634. The van der Waals surface area contributed by atoms with Crippen LogP contribution in [0.1, 0.15) is 16.8 Å². The van der Waals surface area contributed by atoms with Gasteiger partial charge in [-0.1, -0.05) is 18.2 Å². The van der Waals surface area contributed by atoms with Crippen molar-refractivity contribution in [2.75, 3.05) is 6.54 Å². The first-order valence-electron chi connectivity index (χ1n) is 4.92. The number of benzene rings is 1. The van der Waals surface area contributed by atoms with Crippen molar-refractivity contribution in [2.24, 2.45) is 0 Å². The molecule has 2 rings (SSSR count). The number of rotatable bonds is 1. The molecule has 1 aromatic carbocycles. The zero-order chi connectivity index (χ0) is 10.8. The number of hydrogen-bond acceptors (Lipinski definition) is 3. The number of halogens is 1. The Balaban J connectivity index is 0.00000128. The standard InChI is InChI=1S/C11H13NO3.ClH/c13-9-6-7-12(11(9)15)10(14)8-4-2-1-3-5-8;/h1-5,9,11,13,15H,6-7H2;1H. The average molecular weight is 244 g/mol. The van der Waals surface area contributed by atoms with Crippen molar-refractivity contribution in [2.45, 2.75) is 18.8 Å². The van der Waals surface area contributed by atoms with Gasteiger partial charge in [0.1, 0.15) is 6.10 Å². The molecule has 4 nitrogen and oxygen atoms in total. The molecule has 16 heavy (non-hydrogen) atoms. The predicted molar refractivity (Wildman–Crippen MR) is 61.4 cm³/mol. The van der Waals surface area contributed by atoms with Gasteiger partial charge in [-0.05, 0) is 18.6 Å². The van der Waals surface area contributed by atoms with Crippen LogP contribution in [0.25, 0.3) is 0 Å². The van der Waals surface area contributed by atoms with Gasteiger partial charge in [0.15, 0.2) is 6.23 Å². The highest BCUT2D eigenvalue weighted by Crippen LogP contribution is 2.18. The topological polar surface area (TPSA) is 60.8 Å². The van der Waals surface area contributed by atoms with Crippen molar-refractivity contribution in [3.05, 3.63) is 35.9 Å². The zero-order valence-corrected chi connectivity index (χ0v) is 9.43. The van der Waals surface area contributed by atoms with Crippen molar-refractivity contribution < 1.29 is 15.0 Å². The van der Waals surface area contributed by atoms with Crippen LogP contribution in [-0.4, -0.2) is 39.9 Å². The maximum atomic E-state index is 11.9. The summed E-state index contributed by atoms with van der Waals surface area (Å²) < 4.78 is 0. The minimum absolute atomic E-state index is 0. The molecular weight excluding hydrogens is 230 g/mol. The smallest absolute Gasteiger partial charge is 0.255 e. The molecule has 2 N–H and O–H groups in total. The molecule has 0 saturated carbocycles. The fourth-order valence-corrected chi connectivity index (χ4v) is 1.73. The van der Waals surface area contributed by atoms with E-state index in [1.807, 2.05) is 6.07 Å². The summed E-state index contributed by atoms with van der Waals surface area (Å²) in [5.74, 6) is -0.236. The highest BCUT2D eigenvalue weighted by atomic mass is 35.5. The zero-order valence-electron chi connectivity index (χ0n) is 8.61. The normalized spacial score (nSPS) is 24.0. The Bertz CT molecular complexity index is 358. The number of carbonyl (C=O) groups excluding carboxylic acids is 1. The summed E-state index contributed by atoms with van der Waals surface area (Å²) >= 11 is 0. The second kappa shape index (κ2) is 5.30. The molecule has 1 saturated heterocycles. The molecule has 0 aliphatic carbocycles. The Morgan fingerprint density at radius 1 is 1.25 bits per heavy atom. The number of amides is 1. The van der Waals surface area contributed by atoms with Crippen molar-refractivity contribution in [3.63, 3.8) is 0 Å². The summed E-state index contributed by atoms with van der Waals surface area (Å²) in [5, 5.41) is 18.9. The largest absolute Gasteiger partial charge is 0.388 e. The van der Waals surface area contributed by atoms with E-state index in [0.717, 1.165) is 0 Å². The van der Waals surface area contributed by atoms with Gasteiger partial charge in [-0.25, -0.2) is 0 Å². The molecular formula is C11H14ClNO3. The summed E-state index contributed by atoms with van der Waals surface area (Å²) in [5.41, 5.74) is 0.533. The Kier molecular flexibility index (Phi) is 4.29. The summed E-state index contributed by atoms with van der Waals surface area (Å²) in [4.78, 5) is 13.1. The van der Waals surface area contributed by atoms with Gasteiger partial charge < -0.3 is 15.1 Å². The van der Waals surface area contributed by atoms with E-state index in [-0.39, 0.29) is 18.3 Å². The van der Waals surface area contributed by atoms with Crippen molar-refractivity contribution in [1.82, 2.24) is 4.90 Å². The Labute approximate surface area is 99.9 Å². The van der Waals surface area contributed by atoms with Gasteiger partial charge in [-0.3, -0.25) is 4.79 Å². The number of hydrogen-bond donors (Lipinski definition) is 2. The maximum Gasteiger partial charge on any atom is 0.255 e. The molecule has 2 atom stereocenters. The van der Waals surface area contributed by atoms with Crippen molar-refractivity contribution in [3.8, 4) is 0 Å². The number of carbonyl (C=O) groups is 1. The Morgan fingerprint density at radius 3 is 2.38 bits per heavy atom. The second-order valence-electron chi connectivity index (χ2n) is 3.63. The highest BCUT2D eigenvalue weighted by molar-refractivity contribution is 5.94. The maximum absolute atomic E-state index is 11.9. The fraction of sp³-hybridized carbons (Fsp3) is 0.364. The molecule has 1 aliphatic heterocycles. The fourth-order valence-electron chi connectivity index (χ4n) is 1.73. The third-order valence-electron chi connectivity index (χ3n) is 2.61. The van der Waals surface area contributed by atoms with Crippen molar-refractivity contribution >= 4 is 18.3 Å². The lowest BCUT2D eigenvalue weighted by Crippen LogP contribution is -2.39. The summed E-state index contributed by atoms with van der Waals surface area (Å²) in [6, 6.07) is 8.75. The van der Waals surface area contributed by atoms with E-state index >= 15 is 0 Å². The lowest BCUT2D eigenvalue weighted by molar-refractivity contribution is -0.0261. The monoisotopic (exact) mass is 243 g/mol. The molecule has 0 aromatic heterocycles. The molecule has 1 amide bonds. The Morgan fingerprint density at radius 2 is 1.88 bits per heavy atom. The number of likely N-dealkylation sites (tertiary alicyclic amines) is 1. The molecule has 0 radical (unpaired) electrons. The average Bonchev–Trinajstić information content (AvgIpc) is 2.60. The van der Waals surface area contributed by atoms with Crippen LogP contribution in [0.4, 0.5) is 0 Å². The molecule has 2 unspecified atom stereocenters. The SMILES string of the molecule is Cl.O=C(c1ccccc1)N1CCC(O)C1O. The first-order chi connectivity index (χ1) is 7.20. The van der Waals surface area contributed by atoms with E-state index in [2.05, 4.69) is 0 Å². The highest BCUT2D eigenvalue weighted by Gasteiger charge is 2.34. The van der Waals surface area contributed by atoms with E-state index in [1.54, 1.807) is 24.3 Å².